The van der Waals surface area contributed by atoms with Gasteiger partial charge >= 0.3 is 6.55 Å². The van der Waals surface area contributed by atoms with Gasteiger partial charge in [-0.3, -0.25) is 9.78 Å². The highest BCUT2D eigenvalue weighted by atomic mass is 19.3. The molecular formula is C16H18F2N4O2. The van der Waals surface area contributed by atoms with Gasteiger partial charge in [-0.25, -0.2) is 4.68 Å². The van der Waals surface area contributed by atoms with Crippen LogP contribution in [0, 0.1) is 0 Å². The number of rotatable bonds is 5. The Hall–Kier alpha value is -2.35. The minimum absolute atomic E-state index is 0.0284. The predicted molar refractivity (Wildman–Crippen MR) is 81.4 cm³/mol. The molecule has 0 N–H and O–H groups in total. The lowest BCUT2D eigenvalue weighted by Crippen LogP contribution is -2.43. The van der Waals surface area contributed by atoms with Crippen LogP contribution in [0.5, 0.6) is 0 Å². The van der Waals surface area contributed by atoms with Crippen LogP contribution in [0.25, 0.3) is 0 Å². The van der Waals surface area contributed by atoms with Crippen LogP contribution in [-0.4, -0.2) is 44.8 Å². The van der Waals surface area contributed by atoms with E-state index in [0.717, 1.165) is 24.7 Å². The molecule has 0 spiro atoms. The van der Waals surface area contributed by atoms with E-state index in [1.807, 2.05) is 18.2 Å². The fourth-order valence-electron chi connectivity index (χ4n) is 2.67. The number of nitrogens with zero attached hydrogens (tertiary/aromatic N) is 4. The molecule has 6 nitrogen and oxygen atoms in total. The molecule has 128 valence electrons. The summed E-state index contributed by atoms with van der Waals surface area (Å²) in [5.41, 5.74) is 0.859. The zero-order chi connectivity index (χ0) is 16.9. The average Bonchev–Trinajstić information content (AvgIpc) is 3.11. The second-order valence-electron chi connectivity index (χ2n) is 5.61. The van der Waals surface area contributed by atoms with Crippen molar-refractivity contribution < 1.29 is 18.3 Å². The molecule has 0 bridgehead atoms. The van der Waals surface area contributed by atoms with Gasteiger partial charge in [0, 0.05) is 25.5 Å². The first-order valence-electron chi connectivity index (χ1n) is 7.77. The number of pyridine rings is 1. The van der Waals surface area contributed by atoms with Crippen molar-refractivity contribution in [3.8, 4) is 0 Å². The third-order valence-corrected chi connectivity index (χ3v) is 3.89. The standard InChI is InChI=1S/C16H18F2N4O2/c17-16(18)22-9-6-14(20-22)15(23)21-8-3-5-13(10-21)24-11-12-4-1-2-7-19-12/h1-2,4,6-7,9,13,16H,3,5,8,10-11H2. The van der Waals surface area contributed by atoms with Crippen molar-refractivity contribution in [3.63, 3.8) is 0 Å². The zero-order valence-electron chi connectivity index (χ0n) is 13.0. The van der Waals surface area contributed by atoms with Crippen molar-refractivity contribution in [2.24, 2.45) is 0 Å². The van der Waals surface area contributed by atoms with E-state index < -0.39 is 6.55 Å². The van der Waals surface area contributed by atoms with E-state index in [1.165, 1.54) is 6.07 Å². The Balaban J connectivity index is 1.57. The molecule has 3 heterocycles. The second-order valence-corrected chi connectivity index (χ2v) is 5.61. The first-order valence-corrected chi connectivity index (χ1v) is 7.77. The summed E-state index contributed by atoms with van der Waals surface area (Å²) >= 11 is 0. The molecule has 24 heavy (non-hydrogen) atoms. The van der Waals surface area contributed by atoms with Crippen LogP contribution in [0.2, 0.25) is 0 Å². The summed E-state index contributed by atoms with van der Waals surface area (Å²) in [4.78, 5) is 18.2. The largest absolute Gasteiger partial charge is 0.370 e. The van der Waals surface area contributed by atoms with Crippen molar-refractivity contribution in [3.05, 3.63) is 48.0 Å². The van der Waals surface area contributed by atoms with E-state index in [0.29, 0.717) is 24.4 Å². The molecule has 3 rings (SSSR count). The molecule has 0 saturated carbocycles. The molecule has 0 aromatic carbocycles. The molecule has 1 saturated heterocycles. The maximum Gasteiger partial charge on any atom is 0.333 e. The number of amides is 1. The first kappa shape index (κ1) is 16.5. The lowest BCUT2D eigenvalue weighted by atomic mass is 10.1. The van der Waals surface area contributed by atoms with Crippen LogP contribution in [0.15, 0.2) is 36.7 Å². The van der Waals surface area contributed by atoms with Gasteiger partial charge < -0.3 is 9.64 Å². The molecule has 1 aliphatic rings. The Morgan fingerprint density at radius 1 is 1.38 bits per heavy atom. The van der Waals surface area contributed by atoms with E-state index in [2.05, 4.69) is 10.1 Å². The van der Waals surface area contributed by atoms with E-state index in [1.54, 1.807) is 11.1 Å². The number of aromatic nitrogens is 3. The van der Waals surface area contributed by atoms with Gasteiger partial charge in [-0.05, 0) is 31.0 Å². The summed E-state index contributed by atoms with van der Waals surface area (Å²) in [6.07, 6.45) is 4.36. The number of halogens is 2. The van der Waals surface area contributed by atoms with Gasteiger partial charge in [-0.1, -0.05) is 6.07 Å². The van der Waals surface area contributed by atoms with Crippen LogP contribution in [0.1, 0.15) is 35.6 Å². The number of piperidine rings is 1. The lowest BCUT2D eigenvalue weighted by molar-refractivity contribution is -0.00814. The molecule has 1 atom stereocenters. The smallest absolute Gasteiger partial charge is 0.333 e. The molecule has 1 aliphatic heterocycles. The highest BCUT2D eigenvalue weighted by Gasteiger charge is 2.26. The van der Waals surface area contributed by atoms with Gasteiger partial charge in [0.2, 0.25) is 0 Å². The van der Waals surface area contributed by atoms with Crippen molar-refractivity contribution in [2.75, 3.05) is 13.1 Å². The third-order valence-electron chi connectivity index (χ3n) is 3.89. The minimum Gasteiger partial charge on any atom is -0.370 e. The summed E-state index contributed by atoms with van der Waals surface area (Å²) in [5.74, 6) is -0.347. The molecule has 1 fully saturated rings. The average molecular weight is 336 g/mol. The Labute approximate surface area is 138 Å². The number of hydrogen-bond acceptors (Lipinski definition) is 4. The summed E-state index contributed by atoms with van der Waals surface area (Å²) in [6, 6.07) is 6.92. The second kappa shape index (κ2) is 7.48. The van der Waals surface area contributed by atoms with Crippen LogP contribution in [-0.2, 0) is 11.3 Å². The first-order chi connectivity index (χ1) is 11.6. The number of hydrogen-bond donors (Lipinski definition) is 0. The van der Waals surface area contributed by atoms with E-state index in [9.17, 15) is 13.6 Å². The van der Waals surface area contributed by atoms with Crippen molar-refractivity contribution >= 4 is 5.91 Å². The maximum atomic E-state index is 12.6. The molecule has 2 aromatic heterocycles. The Kier molecular flexibility index (Phi) is 5.14. The monoisotopic (exact) mass is 336 g/mol. The lowest BCUT2D eigenvalue weighted by Gasteiger charge is -2.32. The minimum atomic E-state index is -2.75. The van der Waals surface area contributed by atoms with Gasteiger partial charge in [0.1, 0.15) is 0 Å². The van der Waals surface area contributed by atoms with Gasteiger partial charge in [0.05, 0.1) is 18.4 Å². The number of alkyl halides is 2. The Morgan fingerprint density at radius 2 is 2.25 bits per heavy atom. The maximum absolute atomic E-state index is 12.6. The van der Waals surface area contributed by atoms with Gasteiger partial charge in [0.25, 0.3) is 5.91 Å². The fraction of sp³-hybridized carbons (Fsp3) is 0.438. The zero-order valence-corrected chi connectivity index (χ0v) is 13.0. The van der Waals surface area contributed by atoms with Gasteiger partial charge in [-0.15, -0.1) is 0 Å². The molecule has 2 aromatic rings. The highest BCUT2D eigenvalue weighted by molar-refractivity contribution is 5.92. The summed E-state index contributed by atoms with van der Waals surface area (Å²) in [6.45, 7) is -1.37. The quantitative estimate of drug-likeness (QED) is 0.842. The van der Waals surface area contributed by atoms with Crippen LogP contribution >= 0.6 is 0 Å². The SMILES string of the molecule is O=C(c1ccn(C(F)F)n1)N1CCCC(OCc2ccccn2)C1. The summed E-state index contributed by atoms with van der Waals surface area (Å²) in [7, 11) is 0. The highest BCUT2D eigenvalue weighted by Crippen LogP contribution is 2.17. The van der Waals surface area contributed by atoms with Gasteiger partial charge in [0.15, 0.2) is 5.69 Å². The van der Waals surface area contributed by atoms with Crippen molar-refractivity contribution in [1.29, 1.82) is 0 Å². The fourth-order valence-corrected chi connectivity index (χ4v) is 2.67. The van der Waals surface area contributed by atoms with Crippen molar-refractivity contribution in [2.45, 2.75) is 32.1 Å². The molecular weight excluding hydrogens is 318 g/mol. The van der Waals surface area contributed by atoms with Crippen LogP contribution < -0.4 is 0 Å². The van der Waals surface area contributed by atoms with Crippen LogP contribution in [0.3, 0.4) is 0 Å². The molecule has 1 unspecified atom stereocenters. The predicted octanol–water partition coefficient (Wildman–Crippen LogP) is 2.49. The van der Waals surface area contributed by atoms with E-state index >= 15 is 0 Å². The summed E-state index contributed by atoms with van der Waals surface area (Å²) in [5, 5.41) is 3.63. The normalized spacial score (nSPS) is 18.1. The Bertz CT molecular complexity index is 678. The summed E-state index contributed by atoms with van der Waals surface area (Å²) < 4.78 is 31.4. The number of ether oxygens (including phenoxy) is 1. The molecule has 8 heteroatoms. The molecule has 0 radical (unpaired) electrons. The third kappa shape index (κ3) is 3.94. The Morgan fingerprint density at radius 3 is 2.96 bits per heavy atom. The van der Waals surface area contributed by atoms with Crippen LogP contribution in [0.4, 0.5) is 8.78 Å². The van der Waals surface area contributed by atoms with Gasteiger partial charge in [-0.2, -0.15) is 13.9 Å². The molecule has 1 amide bonds. The van der Waals surface area contributed by atoms with E-state index in [4.69, 9.17) is 4.74 Å². The number of carbonyl (C=O) groups excluding carboxylic acids is 1. The molecule has 0 aliphatic carbocycles. The van der Waals surface area contributed by atoms with Crippen molar-refractivity contribution in [1.82, 2.24) is 19.7 Å². The van der Waals surface area contributed by atoms with E-state index in [-0.39, 0.29) is 17.7 Å². The number of carbonyl (C=O) groups is 1. The number of likely N-dealkylation sites (tertiary alicyclic amines) is 1. The topological polar surface area (TPSA) is 60.2 Å².